The van der Waals surface area contributed by atoms with E-state index in [0.29, 0.717) is 6.10 Å². The molecule has 1 heterocycles. The molecule has 0 N–H and O–H groups in total. The third kappa shape index (κ3) is 5.72. The first-order valence-electron chi connectivity index (χ1n) is 7.30. The van der Waals surface area contributed by atoms with E-state index in [1.807, 2.05) is 6.07 Å². The summed E-state index contributed by atoms with van der Waals surface area (Å²) < 4.78 is 11.2. The van der Waals surface area contributed by atoms with E-state index in [4.69, 9.17) is 9.47 Å². The van der Waals surface area contributed by atoms with E-state index in [-0.39, 0.29) is 0 Å². The Kier molecular flexibility index (Phi) is 6.34. The SMILES string of the molecule is C[C@H]1CN(CCCOCCc2ccccc2)CCO1. The van der Waals surface area contributed by atoms with Gasteiger partial charge in [0.1, 0.15) is 0 Å². The maximum absolute atomic E-state index is 5.70. The van der Waals surface area contributed by atoms with Gasteiger partial charge in [-0.3, -0.25) is 4.90 Å². The molecule has 1 fully saturated rings. The van der Waals surface area contributed by atoms with E-state index in [1.54, 1.807) is 0 Å². The van der Waals surface area contributed by atoms with Crippen LogP contribution in [0.1, 0.15) is 18.9 Å². The average Bonchev–Trinajstić information content (AvgIpc) is 2.44. The topological polar surface area (TPSA) is 21.7 Å². The van der Waals surface area contributed by atoms with Gasteiger partial charge in [0.05, 0.1) is 19.3 Å². The number of rotatable bonds is 7. The number of hydrogen-bond donors (Lipinski definition) is 0. The van der Waals surface area contributed by atoms with Crippen LogP contribution in [0.4, 0.5) is 0 Å². The number of ether oxygens (including phenoxy) is 2. The van der Waals surface area contributed by atoms with Gasteiger partial charge in [0.2, 0.25) is 0 Å². The minimum Gasteiger partial charge on any atom is -0.381 e. The van der Waals surface area contributed by atoms with Crippen LogP contribution >= 0.6 is 0 Å². The normalized spacial score (nSPS) is 20.6. The molecule has 19 heavy (non-hydrogen) atoms. The van der Waals surface area contributed by atoms with Gasteiger partial charge in [-0.1, -0.05) is 30.3 Å². The van der Waals surface area contributed by atoms with E-state index < -0.39 is 0 Å². The molecule has 0 unspecified atom stereocenters. The molecule has 0 saturated carbocycles. The molecule has 0 aromatic heterocycles. The zero-order valence-corrected chi connectivity index (χ0v) is 11.9. The van der Waals surface area contributed by atoms with Gasteiger partial charge in [0, 0.05) is 26.2 Å². The Morgan fingerprint density at radius 2 is 2.11 bits per heavy atom. The smallest absolute Gasteiger partial charge is 0.0674 e. The molecule has 1 aromatic carbocycles. The highest BCUT2D eigenvalue weighted by molar-refractivity contribution is 5.14. The minimum absolute atomic E-state index is 0.382. The van der Waals surface area contributed by atoms with Crippen molar-refractivity contribution in [1.29, 1.82) is 0 Å². The maximum atomic E-state index is 5.70. The molecule has 0 spiro atoms. The number of nitrogens with zero attached hydrogens (tertiary/aromatic N) is 1. The van der Waals surface area contributed by atoms with Crippen LogP contribution in [0.5, 0.6) is 0 Å². The fraction of sp³-hybridized carbons (Fsp3) is 0.625. The summed E-state index contributed by atoms with van der Waals surface area (Å²) in [6.07, 6.45) is 2.50. The van der Waals surface area contributed by atoms with Gasteiger partial charge < -0.3 is 9.47 Å². The first kappa shape index (κ1) is 14.5. The largest absolute Gasteiger partial charge is 0.381 e. The Hall–Kier alpha value is -0.900. The lowest BCUT2D eigenvalue weighted by molar-refractivity contribution is -0.0207. The second kappa shape index (κ2) is 8.31. The van der Waals surface area contributed by atoms with Gasteiger partial charge in [0.15, 0.2) is 0 Å². The molecule has 0 amide bonds. The first-order chi connectivity index (χ1) is 9.34. The summed E-state index contributed by atoms with van der Waals surface area (Å²) in [5.74, 6) is 0. The molecular formula is C16H25NO2. The van der Waals surface area contributed by atoms with Gasteiger partial charge in [-0.05, 0) is 25.3 Å². The van der Waals surface area contributed by atoms with Crippen molar-refractivity contribution in [1.82, 2.24) is 4.90 Å². The van der Waals surface area contributed by atoms with Gasteiger partial charge in [-0.25, -0.2) is 0 Å². The number of hydrogen-bond acceptors (Lipinski definition) is 3. The predicted molar refractivity (Wildman–Crippen MR) is 77.4 cm³/mol. The van der Waals surface area contributed by atoms with Crippen molar-refractivity contribution in [2.45, 2.75) is 25.9 Å². The first-order valence-corrected chi connectivity index (χ1v) is 7.30. The number of morpholine rings is 1. The fourth-order valence-electron chi connectivity index (χ4n) is 2.42. The van der Waals surface area contributed by atoms with Gasteiger partial charge in [-0.2, -0.15) is 0 Å². The van der Waals surface area contributed by atoms with Crippen LogP contribution in [0, 0.1) is 0 Å². The Labute approximate surface area is 116 Å². The van der Waals surface area contributed by atoms with Gasteiger partial charge >= 0.3 is 0 Å². The molecule has 2 rings (SSSR count). The van der Waals surface area contributed by atoms with Crippen LogP contribution in [0.3, 0.4) is 0 Å². The molecular weight excluding hydrogens is 238 g/mol. The summed E-state index contributed by atoms with van der Waals surface area (Å²) in [5.41, 5.74) is 1.35. The van der Waals surface area contributed by atoms with E-state index in [1.165, 1.54) is 5.56 Å². The highest BCUT2D eigenvalue weighted by Crippen LogP contribution is 2.05. The van der Waals surface area contributed by atoms with Gasteiger partial charge in [-0.15, -0.1) is 0 Å². The Balaban J connectivity index is 1.48. The van der Waals surface area contributed by atoms with Crippen molar-refractivity contribution in [3.8, 4) is 0 Å². The molecule has 0 bridgehead atoms. The summed E-state index contributed by atoms with van der Waals surface area (Å²) in [4.78, 5) is 2.47. The molecule has 1 aliphatic rings. The average molecular weight is 263 g/mol. The summed E-state index contributed by atoms with van der Waals surface area (Å²) >= 11 is 0. The zero-order chi connectivity index (χ0) is 13.3. The molecule has 0 radical (unpaired) electrons. The summed E-state index contributed by atoms with van der Waals surface area (Å²) in [7, 11) is 0. The van der Waals surface area contributed by atoms with Crippen LogP contribution in [0.2, 0.25) is 0 Å². The van der Waals surface area contributed by atoms with Crippen LogP contribution in [-0.2, 0) is 15.9 Å². The standard InChI is InChI=1S/C16H25NO2/c1-15-14-17(10-13-19-15)9-5-11-18-12-8-16-6-3-2-4-7-16/h2-4,6-7,15H,5,8-14H2,1H3/t15-/m0/s1. The zero-order valence-electron chi connectivity index (χ0n) is 11.9. The molecule has 1 saturated heterocycles. The Morgan fingerprint density at radius 3 is 2.89 bits per heavy atom. The molecule has 1 aliphatic heterocycles. The summed E-state index contributed by atoms with van der Waals surface area (Å²) in [6.45, 7) is 7.94. The van der Waals surface area contributed by atoms with Crippen molar-refractivity contribution in [3.63, 3.8) is 0 Å². The van der Waals surface area contributed by atoms with Crippen LogP contribution < -0.4 is 0 Å². The van der Waals surface area contributed by atoms with E-state index in [0.717, 1.165) is 52.3 Å². The lowest BCUT2D eigenvalue weighted by Gasteiger charge is -2.30. The van der Waals surface area contributed by atoms with Gasteiger partial charge in [0.25, 0.3) is 0 Å². The van der Waals surface area contributed by atoms with Crippen LogP contribution in [0.15, 0.2) is 30.3 Å². The molecule has 1 aromatic rings. The third-order valence-corrected chi connectivity index (χ3v) is 3.47. The fourth-order valence-corrected chi connectivity index (χ4v) is 2.42. The van der Waals surface area contributed by atoms with Crippen molar-refractivity contribution >= 4 is 0 Å². The second-order valence-electron chi connectivity index (χ2n) is 5.18. The Morgan fingerprint density at radius 1 is 1.26 bits per heavy atom. The molecule has 1 atom stereocenters. The van der Waals surface area contributed by atoms with E-state index in [9.17, 15) is 0 Å². The predicted octanol–water partition coefficient (Wildman–Crippen LogP) is 2.36. The van der Waals surface area contributed by atoms with E-state index >= 15 is 0 Å². The van der Waals surface area contributed by atoms with Crippen molar-refractivity contribution < 1.29 is 9.47 Å². The summed E-state index contributed by atoms with van der Waals surface area (Å²) in [6, 6.07) is 10.5. The monoisotopic (exact) mass is 263 g/mol. The van der Waals surface area contributed by atoms with Crippen molar-refractivity contribution in [2.24, 2.45) is 0 Å². The van der Waals surface area contributed by atoms with Crippen LogP contribution in [-0.4, -0.2) is 50.5 Å². The molecule has 3 nitrogen and oxygen atoms in total. The van der Waals surface area contributed by atoms with E-state index in [2.05, 4.69) is 36.1 Å². The summed E-state index contributed by atoms with van der Waals surface area (Å²) in [5, 5.41) is 0. The maximum Gasteiger partial charge on any atom is 0.0674 e. The van der Waals surface area contributed by atoms with Crippen LogP contribution in [0.25, 0.3) is 0 Å². The molecule has 3 heteroatoms. The quantitative estimate of drug-likeness (QED) is 0.705. The minimum atomic E-state index is 0.382. The van der Waals surface area contributed by atoms with Crippen molar-refractivity contribution in [2.75, 3.05) is 39.5 Å². The second-order valence-corrected chi connectivity index (χ2v) is 5.18. The molecule has 0 aliphatic carbocycles. The highest BCUT2D eigenvalue weighted by atomic mass is 16.5. The lowest BCUT2D eigenvalue weighted by Crippen LogP contribution is -2.41. The Bertz CT molecular complexity index is 342. The number of benzene rings is 1. The van der Waals surface area contributed by atoms with Crippen molar-refractivity contribution in [3.05, 3.63) is 35.9 Å². The highest BCUT2D eigenvalue weighted by Gasteiger charge is 2.15. The third-order valence-electron chi connectivity index (χ3n) is 3.47. The lowest BCUT2D eigenvalue weighted by atomic mass is 10.2. The molecule has 106 valence electrons.